The number of fused-ring (bicyclic) bond motifs is 2. The third kappa shape index (κ3) is 3.15. The van der Waals surface area contributed by atoms with Crippen LogP contribution in [0.25, 0.3) is 21.5 Å². The highest BCUT2D eigenvalue weighted by molar-refractivity contribution is 6.00. The van der Waals surface area contributed by atoms with Gasteiger partial charge in [-0.3, -0.25) is 16.3 Å². The van der Waals surface area contributed by atoms with Gasteiger partial charge >= 0.3 is 0 Å². The van der Waals surface area contributed by atoms with Crippen molar-refractivity contribution >= 4 is 38.8 Å². The Morgan fingerprint density at radius 2 is 1.39 bits per heavy atom. The molecule has 5 heteroatoms. The van der Waals surface area contributed by atoms with Crippen LogP contribution < -0.4 is 16.3 Å². The van der Waals surface area contributed by atoms with Crippen molar-refractivity contribution in [3.8, 4) is 0 Å². The number of amidine groups is 1. The number of hydrogen-bond donors (Lipinski definition) is 3. The Bertz CT molecular complexity index is 1200. The molecule has 4 aromatic rings. The molecule has 0 unspecified atom stereocenters. The van der Waals surface area contributed by atoms with Crippen LogP contribution in [0.15, 0.2) is 102 Å². The van der Waals surface area contributed by atoms with Gasteiger partial charge in [0.2, 0.25) is 0 Å². The zero-order valence-electron chi connectivity index (χ0n) is 15.1. The third-order valence-electron chi connectivity index (χ3n) is 4.70. The molecule has 0 spiro atoms. The van der Waals surface area contributed by atoms with Crippen LogP contribution in [-0.2, 0) is 0 Å². The van der Waals surface area contributed by atoms with Gasteiger partial charge in [-0.15, -0.1) is 0 Å². The fraction of sp³-hybridized carbons (Fsp3) is 0. The van der Waals surface area contributed by atoms with E-state index < -0.39 is 0 Å². The molecule has 0 saturated heterocycles. The summed E-state index contributed by atoms with van der Waals surface area (Å²) in [6.07, 6.45) is 3.75. The lowest BCUT2D eigenvalue weighted by molar-refractivity contribution is 0.226. The fourth-order valence-corrected chi connectivity index (χ4v) is 3.38. The van der Waals surface area contributed by atoms with E-state index in [1.54, 1.807) is 5.23 Å². The second-order valence-corrected chi connectivity index (χ2v) is 6.54. The Balaban J connectivity index is 1.42. The summed E-state index contributed by atoms with van der Waals surface area (Å²) >= 11 is 0. The van der Waals surface area contributed by atoms with Crippen LogP contribution in [0.4, 0.5) is 11.4 Å². The molecule has 5 nitrogen and oxygen atoms in total. The van der Waals surface area contributed by atoms with Crippen molar-refractivity contribution in [2.75, 3.05) is 5.43 Å². The molecule has 1 aliphatic rings. The fourth-order valence-electron chi connectivity index (χ4n) is 3.38. The molecule has 0 bridgehead atoms. The van der Waals surface area contributed by atoms with Crippen LogP contribution in [0.3, 0.4) is 0 Å². The minimum atomic E-state index is 0.739. The van der Waals surface area contributed by atoms with E-state index >= 15 is 0 Å². The average Bonchev–Trinajstić information content (AvgIpc) is 2.75. The lowest BCUT2D eigenvalue weighted by atomic mass is 10.1. The van der Waals surface area contributed by atoms with E-state index in [9.17, 15) is 0 Å². The van der Waals surface area contributed by atoms with Crippen molar-refractivity contribution in [3.05, 3.63) is 97.2 Å². The predicted molar refractivity (Wildman–Crippen MR) is 116 cm³/mol. The van der Waals surface area contributed by atoms with Crippen molar-refractivity contribution in [2.45, 2.75) is 0 Å². The van der Waals surface area contributed by atoms with Crippen molar-refractivity contribution in [2.24, 2.45) is 4.99 Å². The van der Waals surface area contributed by atoms with Crippen LogP contribution in [0.5, 0.6) is 0 Å². The molecular weight excluding hydrogens is 346 g/mol. The van der Waals surface area contributed by atoms with Gasteiger partial charge in [-0.2, -0.15) is 0 Å². The van der Waals surface area contributed by atoms with E-state index in [1.165, 1.54) is 10.8 Å². The van der Waals surface area contributed by atoms with Crippen LogP contribution in [-0.4, -0.2) is 11.1 Å². The first-order chi connectivity index (χ1) is 13.9. The van der Waals surface area contributed by atoms with Crippen molar-refractivity contribution < 1.29 is 0 Å². The Hall–Kier alpha value is -3.83. The summed E-state index contributed by atoms with van der Waals surface area (Å²) in [6.45, 7) is 0. The van der Waals surface area contributed by atoms with Gasteiger partial charge in [0, 0.05) is 17.0 Å². The van der Waals surface area contributed by atoms with Gasteiger partial charge in [0.05, 0.1) is 11.4 Å². The molecule has 1 aliphatic heterocycles. The number of nitrogens with zero attached hydrogens (tertiary/aromatic N) is 2. The van der Waals surface area contributed by atoms with E-state index in [4.69, 9.17) is 4.99 Å². The van der Waals surface area contributed by atoms with E-state index in [-0.39, 0.29) is 0 Å². The molecule has 0 saturated carbocycles. The molecule has 1 heterocycles. The first-order valence-electron chi connectivity index (χ1n) is 9.17. The first-order valence-corrected chi connectivity index (χ1v) is 9.17. The van der Waals surface area contributed by atoms with Crippen LogP contribution in [0.2, 0.25) is 0 Å². The van der Waals surface area contributed by atoms with Gasteiger partial charge in [0.1, 0.15) is 5.84 Å². The van der Waals surface area contributed by atoms with Gasteiger partial charge in [0.25, 0.3) is 0 Å². The summed E-state index contributed by atoms with van der Waals surface area (Å²) in [7, 11) is 0. The standard InChI is InChI=1S/C23H19N5/c1-3-11-19-17(7-1)9-5-13-21(19)25-23-15-16-24-28(27-23)26-22-14-6-10-18-8-2-4-12-20(18)22/h1-16,24,26H,(H,25,27). The van der Waals surface area contributed by atoms with Crippen molar-refractivity contribution in [3.63, 3.8) is 0 Å². The van der Waals surface area contributed by atoms with Crippen LogP contribution >= 0.6 is 0 Å². The quantitative estimate of drug-likeness (QED) is 0.484. The largest absolute Gasteiger partial charge is 0.290 e. The first kappa shape index (κ1) is 16.4. The number of aliphatic imine (C=N–C) groups is 1. The molecule has 136 valence electrons. The normalized spacial score (nSPS) is 15.5. The Morgan fingerprint density at radius 3 is 2.25 bits per heavy atom. The number of rotatable bonds is 3. The monoisotopic (exact) mass is 365 g/mol. The zero-order chi connectivity index (χ0) is 18.8. The molecule has 0 aromatic heterocycles. The SMILES string of the molecule is C1=CC(=Nc2cccc3ccccc23)NN(Nc2cccc3ccccc23)N1. The van der Waals surface area contributed by atoms with E-state index in [2.05, 4.69) is 52.7 Å². The summed E-state index contributed by atoms with van der Waals surface area (Å²) in [5, 5.41) is 6.33. The maximum absolute atomic E-state index is 4.80. The lowest BCUT2D eigenvalue weighted by Crippen LogP contribution is -2.54. The second-order valence-electron chi connectivity index (χ2n) is 6.54. The molecule has 0 fully saturated rings. The number of hydrogen-bond acceptors (Lipinski definition) is 4. The molecule has 5 rings (SSSR count). The van der Waals surface area contributed by atoms with E-state index in [0.29, 0.717) is 0 Å². The Labute approximate surface area is 162 Å². The maximum Gasteiger partial charge on any atom is 0.145 e. The highest BCUT2D eigenvalue weighted by atomic mass is 15.9. The lowest BCUT2D eigenvalue weighted by Gasteiger charge is -2.28. The van der Waals surface area contributed by atoms with Crippen LogP contribution in [0, 0.1) is 0 Å². The number of hydrazine groups is 3. The Morgan fingerprint density at radius 1 is 0.714 bits per heavy atom. The minimum absolute atomic E-state index is 0.739. The number of benzene rings is 4. The summed E-state index contributed by atoms with van der Waals surface area (Å²) in [6, 6.07) is 28.9. The zero-order valence-corrected chi connectivity index (χ0v) is 15.1. The molecule has 0 radical (unpaired) electrons. The maximum atomic E-state index is 4.80. The Kier molecular flexibility index (Phi) is 4.12. The van der Waals surface area contributed by atoms with Crippen molar-refractivity contribution in [1.29, 1.82) is 0 Å². The molecule has 3 N–H and O–H groups in total. The predicted octanol–water partition coefficient (Wildman–Crippen LogP) is 4.89. The summed E-state index contributed by atoms with van der Waals surface area (Å²) < 4.78 is 0. The van der Waals surface area contributed by atoms with Crippen LogP contribution in [0.1, 0.15) is 0 Å². The highest BCUT2D eigenvalue weighted by Crippen LogP contribution is 2.26. The smallest absolute Gasteiger partial charge is 0.145 e. The topological polar surface area (TPSA) is 51.7 Å². The number of anilines is 1. The molecule has 4 aromatic carbocycles. The molecule has 28 heavy (non-hydrogen) atoms. The van der Waals surface area contributed by atoms with Gasteiger partial charge < -0.3 is 0 Å². The molecule has 0 amide bonds. The van der Waals surface area contributed by atoms with Gasteiger partial charge in [-0.1, -0.05) is 72.8 Å². The van der Waals surface area contributed by atoms with Gasteiger partial charge in [0.15, 0.2) is 0 Å². The van der Waals surface area contributed by atoms with E-state index in [0.717, 1.165) is 28.0 Å². The summed E-state index contributed by atoms with van der Waals surface area (Å²) in [5.41, 5.74) is 11.7. The van der Waals surface area contributed by atoms with Gasteiger partial charge in [-0.05, 0) is 34.2 Å². The van der Waals surface area contributed by atoms with Crippen molar-refractivity contribution in [1.82, 2.24) is 16.1 Å². The molecule has 0 atom stereocenters. The number of nitrogens with one attached hydrogen (secondary N) is 3. The molecule has 0 aliphatic carbocycles. The molecular formula is C23H19N5. The summed E-state index contributed by atoms with van der Waals surface area (Å²) in [5.74, 6) is 0.739. The summed E-state index contributed by atoms with van der Waals surface area (Å²) in [4.78, 5) is 4.80. The second kappa shape index (κ2) is 7.06. The third-order valence-corrected chi connectivity index (χ3v) is 4.70. The van der Waals surface area contributed by atoms with E-state index in [1.807, 2.05) is 60.8 Å². The minimum Gasteiger partial charge on any atom is -0.290 e. The highest BCUT2D eigenvalue weighted by Gasteiger charge is 2.11. The average molecular weight is 365 g/mol. The van der Waals surface area contributed by atoms with Gasteiger partial charge in [-0.25, -0.2) is 4.99 Å².